The molecule has 2 unspecified atom stereocenters. The molecule has 114 valence electrons. The summed E-state index contributed by atoms with van der Waals surface area (Å²) >= 11 is 0. The van der Waals surface area contributed by atoms with Crippen LogP contribution in [-0.2, 0) is 26.5 Å². The Morgan fingerprint density at radius 2 is 1.73 bits per heavy atom. The summed E-state index contributed by atoms with van der Waals surface area (Å²) in [5.41, 5.74) is 7.47. The molecular formula is C18H19NO3. The zero-order valence-corrected chi connectivity index (χ0v) is 12.3. The molecule has 4 nitrogen and oxygen atoms in total. The monoisotopic (exact) mass is 297 g/mol. The fraction of sp³-hybridized carbons (Fsp3) is 0.278. The summed E-state index contributed by atoms with van der Waals surface area (Å²) in [5.74, 6) is -1.39. The van der Waals surface area contributed by atoms with Crippen molar-refractivity contribution in [1.82, 2.24) is 0 Å². The molecule has 22 heavy (non-hydrogen) atoms. The van der Waals surface area contributed by atoms with Gasteiger partial charge in [-0.3, -0.25) is 4.79 Å². The molecule has 1 heterocycles. The molecule has 2 aromatic carbocycles. The molecule has 0 aromatic heterocycles. The first kappa shape index (κ1) is 14.8. The Bertz CT molecular complexity index is 629. The van der Waals surface area contributed by atoms with E-state index >= 15 is 0 Å². The maximum atomic E-state index is 11.4. The number of carbonyl (C=O) groups is 1. The molecule has 0 aliphatic carbocycles. The van der Waals surface area contributed by atoms with Crippen LogP contribution in [-0.4, -0.2) is 18.6 Å². The van der Waals surface area contributed by atoms with E-state index < -0.39 is 17.8 Å². The highest BCUT2D eigenvalue weighted by molar-refractivity contribution is 5.79. The molecule has 1 fully saturated rings. The number of primary amides is 1. The highest BCUT2D eigenvalue weighted by atomic mass is 16.7. The van der Waals surface area contributed by atoms with E-state index in [0.29, 0.717) is 6.42 Å². The number of ether oxygens (including phenoxy) is 2. The molecule has 2 atom stereocenters. The van der Waals surface area contributed by atoms with Gasteiger partial charge in [0, 0.05) is 12.0 Å². The molecule has 0 radical (unpaired) electrons. The lowest BCUT2D eigenvalue weighted by atomic mass is 9.97. The minimum atomic E-state index is -0.906. The molecule has 1 aliphatic rings. The second kappa shape index (κ2) is 6.30. The van der Waals surface area contributed by atoms with Crippen molar-refractivity contribution >= 4 is 5.91 Å². The van der Waals surface area contributed by atoms with Crippen LogP contribution in [0, 0.1) is 0 Å². The SMILES string of the molecule is NC(=O)C1COC(CCc2ccccc2)(c2ccccc2)O1. The zero-order chi connectivity index (χ0) is 15.4. The van der Waals surface area contributed by atoms with Crippen LogP contribution in [0.3, 0.4) is 0 Å². The third-order valence-corrected chi connectivity index (χ3v) is 3.92. The fourth-order valence-corrected chi connectivity index (χ4v) is 2.72. The standard InChI is InChI=1S/C18H19NO3/c19-17(20)16-13-21-18(22-16,15-9-5-2-6-10-15)12-11-14-7-3-1-4-8-14/h1-10,16H,11-13H2,(H2,19,20). The number of amides is 1. The predicted octanol–water partition coefficient (Wildman–Crippen LogP) is 2.37. The van der Waals surface area contributed by atoms with Gasteiger partial charge in [-0.15, -0.1) is 0 Å². The lowest BCUT2D eigenvalue weighted by Gasteiger charge is -2.28. The molecular weight excluding hydrogens is 278 g/mol. The van der Waals surface area contributed by atoms with Gasteiger partial charge in [0.1, 0.15) is 0 Å². The number of carbonyl (C=O) groups excluding carboxylic acids is 1. The van der Waals surface area contributed by atoms with Crippen LogP contribution in [0.2, 0.25) is 0 Å². The Morgan fingerprint density at radius 3 is 2.32 bits per heavy atom. The van der Waals surface area contributed by atoms with E-state index in [1.807, 2.05) is 48.5 Å². The van der Waals surface area contributed by atoms with Crippen LogP contribution < -0.4 is 5.73 Å². The van der Waals surface area contributed by atoms with Crippen LogP contribution >= 0.6 is 0 Å². The topological polar surface area (TPSA) is 61.6 Å². The van der Waals surface area contributed by atoms with Gasteiger partial charge in [0.2, 0.25) is 5.91 Å². The van der Waals surface area contributed by atoms with E-state index in [2.05, 4.69) is 12.1 Å². The minimum Gasteiger partial charge on any atom is -0.367 e. The van der Waals surface area contributed by atoms with Gasteiger partial charge < -0.3 is 15.2 Å². The van der Waals surface area contributed by atoms with E-state index in [0.717, 1.165) is 12.0 Å². The summed E-state index contributed by atoms with van der Waals surface area (Å²) in [6.07, 6.45) is 0.724. The number of nitrogens with two attached hydrogens (primary N) is 1. The molecule has 0 saturated carbocycles. The molecule has 3 rings (SSSR count). The highest BCUT2D eigenvalue weighted by Gasteiger charge is 2.44. The lowest BCUT2D eigenvalue weighted by Crippen LogP contribution is -2.34. The number of aryl methyl sites for hydroxylation is 1. The molecule has 1 aliphatic heterocycles. The zero-order valence-electron chi connectivity index (χ0n) is 12.3. The third-order valence-electron chi connectivity index (χ3n) is 3.92. The largest absolute Gasteiger partial charge is 0.367 e. The average Bonchev–Trinajstić information content (AvgIpc) is 3.01. The summed E-state index contributed by atoms with van der Waals surface area (Å²) in [6, 6.07) is 19.9. The van der Waals surface area contributed by atoms with Crippen molar-refractivity contribution in [2.45, 2.75) is 24.7 Å². The molecule has 2 N–H and O–H groups in total. The van der Waals surface area contributed by atoms with Crippen molar-refractivity contribution in [3.63, 3.8) is 0 Å². The van der Waals surface area contributed by atoms with Crippen LogP contribution in [0.25, 0.3) is 0 Å². The van der Waals surface area contributed by atoms with E-state index in [-0.39, 0.29) is 6.61 Å². The number of hydrogen-bond donors (Lipinski definition) is 1. The van der Waals surface area contributed by atoms with E-state index in [1.165, 1.54) is 5.56 Å². The van der Waals surface area contributed by atoms with Gasteiger partial charge in [-0.2, -0.15) is 0 Å². The lowest BCUT2D eigenvalue weighted by molar-refractivity contribution is -0.183. The second-order valence-corrected chi connectivity index (χ2v) is 5.42. The molecule has 1 saturated heterocycles. The summed E-state index contributed by atoms with van der Waals surface area (Å²) < 4.78 is 11.8. The maximum Gasteiger partial charge on any atom is 0.249 e. The van der Waals surface area contributed by atoms with E-state index in [1.54, 1.807) is 0 Å². The number of rotatable bonds is 5. The van der Waals surface area contributed by atoms with Gasteiger partial charge in [0.25, 0.3) is 0 Å². The molecule has 1 amide bonds. The van der Waals surface area contributed by atoms with Crippen LogP contribution in [0.4, 0.5) is 0 Å². The van der Waals surface area contributed by atoms with Gasteiger partial charge in [-0.25, -0.2) is 0 Å². The molecule has 0 spiro atoms. The molecule has 4 heteroatoms. The summed E-state index contributed by atoms with van der Waals surface area (Å²) in [4.78, 5) is 11.4. The first-order chi connectivity index (χ1) is 10.7. The normalized spacial score (nSPS) is 24.3. The van der Waals surface area contributed by atoms with Crippen molar-refractivity contribution in [3.05, 3.63) is 71.8 Å². The van der Waals surface area contributed by atoms with E-state index in [9.17, 15) is 4.79 Å². The quantitative estimate of drug-likeness (QED) is 0.921. The van der Waals surface area contributed by atoms with Crippen LogP contribution in [0.15, 0.2) is 60.7 Å². The Balaban J connectivity index is 1.83. The third kappa shape index (κ3) is 3.03. The van der Waals surface area contributed by atoms with Gasteiger partial charge in [-0.05, 0) is 12.0 Å². The van der Waals surface area contributed by atoms with Crippen molar-refractivity contribution in [2.24, 2.45) is 5.73 Å². The van der Waals surface area contributed by atoms with Crippen molar-refractivity contribution in [1.29, 1.82) is 0 Å². The minimum absolute atomic E-state index is 0.193. The van der Waals surface area contributed by atoms with Crippen molar-refractivity contribution < 1.29 is 14.3 Å². The van der Waals surface area contributed by atoms with Crippen molar-refractivity contribution in [2.75, 3.05) is 6.61 Å². The molecule has 2 aromatic rings. The fourth-order valence-electron chi connectivity index (χ4n) is 2.72. The summed E-state index contributed by atoms with van der Waals surface area (Å²) in [6.45, 7) is 0.193. The highest BCUT2D eigenvalue weighted by Crippen LogP contribution is 2.38. The van der Waals surface area contributed by atoms with Crippen LogP contribution in [0.5, 0.6) is 0 Å². The second-order valence-electron chi connectivity index (χ2n) is 5.42. The van der Waals surface area contributed by atoms with Gasteiger partial charge in [-0.1, -0.05) is 60.7 Å². The van der Waals surface area contributed by atoms with Crippen molar-refractivity contribution in [3.8, 4) is 0 Å². The van der Waals surface area contributed by atoms with Crippen LogP contribution in [0.1, 0.15) is 17.5 Å². The first-order valence-electron chi connectivity index (χ1n) is 7.40. The average molecular weight is 297 g/mol. The Morgan fingerprint density at radius 1 is 1.09 bits per heavy atom. The maximum absolute atomic E-state index is 11.4. The summed E-state index contributed by atoms with van der Waals surface area (Å²) in [7, 11) is 0. The van der Waals surface area contributed by atoms with Gasteiger partial charge in [0.15, 0.2) is 11.9 Å². The smallest absolute Gasteiger partial charge is 0.249 e. The van der Waals surface area contributed by atoms with E-state index in [4.69, 9.17) is 15.2 Å². The predicted molar refractivity (Wildman–Crippen MR) is 82.9 cm³/mol. The Labute approximate surface area is 129 Å². The number of benzene rings is 2. The van der Waals surface area contributed by atoms with Gasteiger partial charge >= 0.3 is 0 Å². The Hall–Kier alpha value is -2.17. The first-order valence-corrected chi connectivity index (χ1v) is 7.40. The Kier molecular flexibility index (Phi) is 4.22. The molecule has 0 bridgehead atoms. The number of hydrogen-bond acceptors (Lipinski definition) is 3. The van der Waals surface area contributed by atoms with Gasteiger partial charge in [0.05, 0.1) is 6.61 Å². The summed E-state index contributed by atoms with van der Waals surface area (Å²) in [5, 5.41) is 0.